The Balaban J connectivity index is 3.09. The van der Waals surface area contributed by atoms with Crippen molar-refractivity contribution in [3.8, 4) is 0 Å². The van der Waals surface area contributed by atoms with Crippen molar-refractivity contribution in [3.05, 3.63) is 22.7 Å². The summed E-state index contributed by atoms with van der Waals surface area (Å²) in [5, 5.41) is 2.11. The van der Waals surface area contributed by atoms with E-state index in [1.165, 1.54) is 17.0 Å². The lowest BCUT2D eigenvalue weighted by atomic mass is 10.6. The zero-order chi connectivity index (χ0) is 9.14. The molecule has 1 heterocycles. The molecule has 0 unspecified atom stereocenters. The van der Waals surface area contributed by atoms with E-state index in [2.05, 4.69) is 10.3 Å². The Bertz CT molecular complexity index is 357. The first-order valence-corrected chi connectivity index (χ1v) is 3.19. The SMILES string of the molecule is Cn1ccnc(NC(N)=O)c1=O. The predicted octanol–water partition coefficient (Wildman–Crippen LogP) is -0.729. The molecule has 0 fully saturated rings. The maximum Gasteiger partial charge on any atom is 0.317 e. The maximum absolute atomic E-state index is 11.1. The minimum absolute atomic E-state index is 0.0625. The minimum Gasteiger partial charge on any atom is -0.351 e. The molecule has 3 N–H and O–H groups in total. The molecule has 0 aliphatic carbocycles. The number of nitrogens with two attached hydrogens (primary N) is 1. The van der Waals surface area contributed by atoms with Crippen molar-refractivity contribution in [2.75, 3.05) is 5.32 Å². The molecule has 1 aromatic heterocycles. The van der Waals surface area contributed by atoms with Gasteiger partial charge in [0.2, 0.25) is 5.82 Å². The first-order valence-electron chi connectivity index (χ1n) is 3.19. The molecule has 0 aliphatic rings. The standard InChI is InChI=1S/C6H8N4O2/c1-10-3-2-8-4(5(10)11)9-6(7)12/h2-3H,1H3,(H3,7,8,9,12). The van der Waals surface area contributed by atoms with Gasteiger partial charge in [0.25, 0.3) is 5.56 Å². The number of aromatic nitrogens is 2. The monoisotopic (exact) mass is 168 g/mol. The molecule has 1 aromatic rings. The Morgan fingerprint density at radius 3 is 3.00 bits per heavy atom. The van der Waals surface area contributed by atoms with Crippen molar-refractivity contribution >= 4 is 11.8 Å². The van der Waals surface area contributed by atoms with Crippen LogP contribution in [-0.4, -0.2) is 15.6 Å². The fraction of sp³-hybridized carbons (Fsp3) is 0.167. The second-order valence-electron chi connectivity index (χ2n) is 2.18. The van der Waals surface area contributed by atoms with Crippen LogP contribution >= 0.6 is 0 Å². The topological polar surface area (TPSA) is 90.0 Å². The molecule has 0 spiro atoms. The van der Waals surface area contributed by atoms with Gasteiger partial charge in [-0.25, -0.2) is 9.78 Å². The Kier molecular flexibility index (Phi) is 2.09. The van der Waals surface area contributed by atoms with E-state index in [0.29, 0.717) is 0 Å². The van der Waals surface area contributed by atoms with Crippen molar-refractivity contribution < 1.29 is 4.79 Å². The van der Waals surface area contributed by atoms with E-state index < -0.39 is 11.6 Å². The van der Waals surface area contributed by atoms with Gasteiger partial charge in [0.1, 0.15) is 0 Å². The number of rotatable bonds is 1. The van der Waals surface area contributed by atoms with Crippen molar-refractivity contribution in [1.82, 2.24) is 9.55 Å². The van der Waals surface area contributed by atoms with Gasteiger partial charge in [0, 0.05) is 19.4 Å². The van der Waals surface area contributed by atoms with Gasteiger partial charge in [-0.3, -0.25) is 10.1 Å². The number of carbonyl (C=O) groups excluding carboxylic acids is 1. The number of primary amides is 1. The van der Waals surface area contributed by atoms with Gasteiger partial charge >= 0.3 is 6.03 Å². The largest absolute Gasteiger partial charge is 0.351 e. The summed E-state index contributed by atoms with van der Waals surface area (Å²) in [5.41, 5.74) is 4.41. The molecule has 0 saturated heterocycles. The van der Waals surface area contributed by atoms with E-state index >= 15 is 0 Å². The number of amides is 2. The molecular formula is C6H8N4O2. The third-order valence-electron chi connectivity index (χ3n) is 1.26. The smallest absolute Gasteiger partial charge is 0.317 e. The lowest BCUT2D eigenvalue weighted by Gasteiger charge is -2.00. The zero-order valence-electron chi connectivity index (χ0n) is 6.44. The van der Waals surface area contributed by atoms with E-state index in [1.807, 2.05) is 0 Å². The van der Waals surface area contributed by atoms with E-state index in [0.717, 1.165) is 0 Å². The number of anilines is 1. The molecule has 2 amide bonds. The lowest BCUT2D eigenvalue weighted by Crippen LogP contribution is -2.28. The van der Waals surface area contributed by atoms with Gasteiger partial charge in [-0.1, -0.05) is 0 Å². The molecule has 0 radical (unpaired) electrons. The molecule has 6 heteroatoms. The second kappa shape index (κ2) is 3.04. The number of hydrogen-bond donors (Lipinski definition) is 2. The summed E-state index contributed by atoms with van der Waals surface area (Å²) in [4.78, 5) is 25.1. The Hall–Kier alpha value is -1.85. The van der Waals surface area contributed by atoms with Gasteiger partial charge in [-0.15, -0.1) is 0 Å². The number of aryl methyl sites for hydroxylation is 1. The first-order chi connectivity index (χ1) is 5.61. The Morgan fingerprint density at radius 2 is 2.42 bits per heavy atom. The highest BCUT2D eigenvalue weighted by Crippen LogP contribution is 1.89. The highest BCUT2D eigenvalue weighted by Gasteiger charge is 2.02. The maximum atomic E-state index is 11.1. The van der Waals surface area contributed by atoms with Crippen LogP contribution in [0.5, 0.6) is 0 Å². The Morgan fingerprint density at radius 1 is 1.75 bits per heavy atom. The summed E-state index contributed by atoms with van der Waals surface area (Å²) >= 11 is 0. The van der Waals surface area contributed by atoms with Crippen LogP contribution < -0.4 is 16.6 Å². The summed E-state index contributed by atoms with van der Waals surface area (Å²) in [6.07, 6.45) is 2.88. The van der Waals surface area contributed by atoms with Crippen molar-refractivity contribution in [2.24, 2.45) is 12.8 Å². The van der Waals surface area contributed by atoms with E-state index in [-0.39, 0.29) is 5.82 Å². The average Bonchev–Trinajstić information content (AvgIpc) is 1.98. The fourth-order valence-corrected chi connectivity index (χ4v) is 0.700. The van der Waals surface area contributed by atoms with Crippen LogP contribution in [0, 0.1) is 0 Å². The van der Waals surface area contributed by atoms with Crippen LogP contribution in [0.15, 0.2) is 17.2 Å². The summed E-state index contributed by atoms with van der Waals surface area (Å²) in [6, 6.07) is -0.800. The normalized spacial score (nSPS) is 9.42. The molecule has 0 atom stereocenters. The highest BCUT2D eigenvalue weighted by molar-refractivity contribution is 5.86. The molecule has 0 saturated carbocycles. The molecule has 0 bridgehead atoms. The van der Waals surface area contributed by atoms with Crippen LogP contribution in [0.25, 0.3) is 0 Å². The predicted molar refractivity (Wildman–Crippen MR) is 42.7 cm³/mol. The number of carbonyl (C=O) groups is 1. The summed E-state index contributed by atoms with van der Waals surface area (Å²) in [6.45, 7) is 0. The summed E-state index contributed by atoms with van der Waals surface area (Å²) in [7, 11) is 1.55. The van der Waals surface area contributed by atoms with E-state index in [4.69, 9.17) is 5.73 Å². The summed E-state index contributed by atoms with van der Waals surface area (Å²) < 4.78 is 1.29. The minimum atomic E-state index is -0.800. The van der Waals surface area contributed by atoms with Crippen LogP contribution in [0.2, 0.25) is 0 Å². The van der Waals surface area contributed by atoms with Gasteiger partial charge in [0.05, 0.1) is 0 Å². The van der Waals surface area contributed by atoms with Crippen molar-refractivity contribution in [2.45, 2.75) is 0 Å². The second-order valence-corrected chi connectivity index (χ2v) is 2.18. The quantitative estimate of drug-likeness (QED) is 0.579. The zero-order valence-corrected chi connectivity index (χ0v) is 6.44. The molecule has 6 nitrogen and oxygen atoms in total. The number of nitrogens with zero attached hydrogens (tertiary/aromatic N) is 2. The molecule has 0 aromatic carbocycles. The first kappa shape index (κ1) is 8.25. The summed E-state index contributed by atoms with van der Waals surface area (Å²) in [5.74, 6) is -0.0625. The molecule has 1 rings (SSSR count). The van der Waals surface area contributed by atoms with Crippen LogP contribution in [-0.2, 0) is 7.05 Å². The van der Waals surface area contributed by atoms with E-state index in [9.17, 15) is 9.59 Å². The molecule has 64 valence electrons. The van der Waals surface area contributed by atoms with E-state index in [1.54, 1.807) is 7.05 Å². The van der Waals surface area contributed by atoms with Crippen LogP contribution in [0.4, 0.5) is 10.6 Å². The number of hydrogen-bond acceptors (Lipinski definition) is 3. The van der Waals surface area contributed by atoms with Gasteiger partial charge in [-0.2, -0.15) is 0 Å². The van der Waals surface area contributed by atoms with Crippen molar-refractivity contribution in [1.29, 1.82) is 0 Å². The Labute approximate surface area is 68.0 Å². The number of urea groups is 1. The highest BCUT2D eigenvalue weighted by atomic mass is 16.2. The van der Waals surface area contributed by atoms with Gasteiger partial charge in [0.15, 0.2) is 0 Å². The third kappa shape index (κ3) is 1.60. The molecule has 0 aliphatic heterocycles. The molecule has 12 heavy (non-hydrogen) atoms. The molecular weight excluding hydrogens is 160 g/mol. The average molecular weight is 168 g/mol. The van der Waals surface area contributed by atoms with Crippen molar-refractivity contribution in [3.63, 3.8) is 0 Å². The van der Waals surface area contributed by atoms with Gasteiger partial charge in [-0.05, 0) is 0 Å². The third-order valence-corrected chi connectivity index (χ3v) is 1.26. The number of nitrogens with one attached hydrogen (secondary N) is 1. The fourth-order valence-electron chi connectivity index (χ4n) is 0.700. The van der Waals surface area contributed by atoms with Crippen LogP contribution in [0.1, 0.15) is 0 Å². The van der Waals surface area contributed by atoms with Gasteiger partial charge < -0.3 is 10.3 Å². The van der Waals surface area contributed by atoms with Crippen LogP contribution in [0.3, 0.4) is 0 Å². The lowest BCUT2D eigenvalue weighted by molar-refractivity contribution is 0.259.